The molecule has 1 saturated carbocycles. The van der Waals surface area contributed by atoms with Crippen molar-refractivity contribution in [2.45, 2.75) is 11.3 Å². The van der Waals surface area contributed by atoms with Gasteiger partial charge in [0, 0.05) is 23.1 Å². The Bertz CT molecular complexity index is 1170. The number of benzene rings is 3. The Morgan fingerprint density at radius 2 is 1.53 bits per heavy atom. The van der Waals surface area contributed by atoms with Gasteiger partial charge in [0.05, 0.1) is 18.1 Å². The largest absolute Gasteiger partial charge is 0.465 e. The molecule has 0 bridgehead atoms. The number of esters is 1. The Labute approximate surface area is 173 Å². The highest BCUT2D eigenvalue weighted by Crippen LogP contribution is 2.70. The van der Waals surface area contributed by atoms with Crippen LogP contribution in [-0.2, 0) is 14.9 Å². The van der Waals surface area contributed by atoms with Crippen molar-refractivity contribution in [3.05, 3.63) is 101 Å². The van der Waals surface area contributed by atoms with Crippen molar-refractivity contribution in [2.75, 3.05) is 12.4 Å². The zero-order valence-corrected chi connectivity index (χ0v) is 16.3. The van der Waals surface area contributed by atoms with Crippen LogP contribution in [0.25, 0.3) is 0 Å². The lowest BCUT2D eigenvalue weighted by atomic mass is 9.90. The maximum absolute atomic E-state index is 13.5. The third kappa shape index (κ3) is 2.45. The molecule has 1 amide bonds. The van der Waals surface area contributed by atoms with Gasteiger partial charge in [-0.1, -0.05) is 60.7 Å². The fraction of sp³-hybridized carbons (Fsp3) is 0.160. The molecule has 0 aromatic heterocycles. The number of carbonyl (C=O) groups is 3. The van der Waals surface area contributed by atoms with Gasteiger partial charge in [0.25, 0.3) is 0 Å². The molecule has 3 aromatic rings. The lowest BCUT2D eigenvalue weighted by molar-refractivity contribution is -0.118. The molecule has 1 fully saturated rings. The van der Waals surface area contributed by atoms with Gasteiger partial charge in [0.1, 0.15) is 0 Å². The molecule has 5 rings (SSSR count). The Morgan fingerprint density at radius 1 is 0.867 bits per heavy atom. The molecule has 5 heteroatoms. The number of hydrogen-bond donors (Lipinski definition) is 1. The predicted molar refractivity (Wildman–Crippen MR) is 112 cm³/mol. The van der Waals surface area contributed by atoms with E-state index in [2.05, 4.69) is 5.32 Å². The molecule has 1 aliphatic carbocycles. The standard InChI is InChI=1S/C25H19NO4/c1-30-23(28)17-13-11-15(12-14-17)20-21(22(27)16-7-3-2-4-8-16)25(20)18-9-5-6-10-19(18)26-24(25)29/h2-14,20-21H,1H3,(H,26,29)/t20-,21+,25-/m0/s1. The van der Waals surface area contributed by atoms with E-state index < -0.39 is 17.3 Å². The number of Topliss-reactive ketones (excluding diaryl/α,β-unsaturated/α-hetero) is 1. The molecule has 2 aliphatic rings. The first-order valence-corrected chi connectivity index (χ1v) is 9.77. The summed E-state index contributed by atoms with van der Waals surface area (Å²) in [5, 5.41) is 2.96. The number of methoxy groups -OCH3 is 1. The second kappa shape index (κ2) is 6.66. The lowest BCUT2D eigenvalue weighted by Gasteiger charge is -2.09. The van der Waals surface area contributed by atoms with Crippen LogP contribution in [0.5, 0.6) is 0 Å². The minimum atomic E-state index is -0.934. The van der Waals surface area contributed by atoms with Crippen LogP contribution in [0.15, 0.2) is 78.9 Å². The van der Waals surface area contributed by atoms with Crippen LogP contribution >= 0.6 is 0 Å². The highest BCUT2D eigenvalue weighted by molar-refractivity contribution is 6.17. The molecule has 30 heavy (non-hydrogen) atoms. The van der Waals surface area contributed by atoms with Gasteiger partial charge in [-0.15, -0.1) is 0 Å². The van der Waals surface area contributed by atoms with Crippen molar-refractivity contribution in [2.24, 2.45) is 5.92 Å². The van der Waals surface area contributed by atoms with Gasteiger partial charge in [-0.05, 0) is 29.3 Å². The van der Waals surface area contributed by atoms with E-state index in [1.165, 1.54) is 7.11 Å². The summed E-state index contributed by atoms with van der Waals surface area (Å²) in [6, 6.07) is 23.6. The third-order valence-corrected chi connectivity index (χ3v) is 6.23. The van der Waals surface area contributed by atoms with Gasteiger partial charge >= 0.3 is 5.97 Å². The molecular formula is C25H19NO4. The minimum absolute atomic E-state index is 0.0514. The highest BCUT2D eigenvalue weighted by atomic mass is 16.5. The number of ketones is 1. The zero-order valence-electron chi connectivity index (χ0n) is 16.3. The van der Waals surface area contributed by atoms with Crippen molar-refractivity contribution in [1.82, 2.24) is 0 Å². The maximum Gasteiger partial charge on any atom is 0.337 e. The van der Waals surface area contributed by atoms with Crippen LogP contribution in [0, 0.1) is 5.92 Å². The number of rotatable bonds is 4. The molecule has 1 heterocycles. The average molecular weight is 397 g/mol. The van der Waals surface area contributed by atoms with Crippen LogP contribution in [0.3, 0.4) is 0 Å². The summed E-state index contributed by atoms with van der Waals surface area (Å²) in [5.41, 5.74) is 2.54. The van der Waals surface area contributed by atoms with Crippen molar-refractivity contribution in [1.29, 1.82) is 0 Å². The number of fused-ring (bicyclic) bond motifs is 2. The second-order valence-corrected chi connectivity index (χ2v) is 7.67. The molecule has 0 radical (unpaired) electrons. The summed E-state index contributed by atoms with van der Waals surface area (Å²) in [7, 11) is 1.33. The molecule has 1 spiro atoms. The summed E-state index contributed by atoms with van der Waals surface area (Å²) in [5.74, 6) is -1.44. The second-order valence-electron chi connectivity index (χ2n) is 7.67. The van der Waals surface area contributed by atoms with E-state index in [1.807, 2.05) is 54.6 Å². The van der Waals surface area contributed by atoms with Gasteiger partial charge in [0.15, 0.2) is 5.78 Å². The van der Waals surface area contributed by atoms with E-state index in [0.717, 1.165) is 16.8 Å². The van der Waals surface area contributed by atoms with E-state index in [0.29, 0.717) is 11.1 Å². The van der Waals surface area contributed by atoms with Gasteiger partial charge in [-0.25, -0.2) is 4.79 Å². The Balaban J connectivity index is 1.62. The monoisotopic (exact) mass is 397 g/mol. The summed E-state index contributed by atoms with van der Waals surface area (Å²) >= 11 is 0. The van der Waals surface area contributed by atoms with E-state index in [-0.39, 0.29) is 17.6 Å². The summed E-state index contributed by atoms with van der Waals surface area (Å²) < 4.78 is 4.77. The number of para-hydroxylation sites is 1. The molecule has 0 saturated heterocycles. The van der Waals surface area contributed by atoms with Crippen LogP contribution < -0.4 is 5.32 Å². The molecule has 1 N–H and O–H groups in total. The first-order chi connectivity index (χ1) is 14.6. The Hall–Kier alpha value is -3.73. The van der Waals surface area contributed by atoms with Crippen LogP contribution in [0.2, 0.25) is 0 Å². The van der Waals surface area contributed by atoms with Crippen LogP contribution in [-0.4, -0.2) is 24.8 Å². The van der Waals surface area contributed by atoms with Gasteiger partial charge in [-0.2, -0.15) is 0 Å². The molecule has 148 valence electrons. The summed E-state index contributed by atoms with van der Waals surface area (Å²) in [6.07, 6.45) is 0. The van der Waals surface area contributed by atoms with Gasteiger partial charge in [0.2, 0.25) is 5.91 Å². The Morgan fingerprint density at radius 3 is 2.23 bits per heavy atom. The summed E-state index contributed by atoms with van der Waals surface area (Å²) in [4.78, 5) is 38.5. The normalized spacial score (nSPS) is 23.6. The van der Waals surface area contributed by atoms with Gasteiger partial charge < -0.3 is 10.1 Å². The molecule has 5 nitrogen and oxygen atoms in total. The molecule has 0 unspecified atom stereocenters. The average Bonchev–Trinajstić information content (AvgIpc) is 3.41. The van der Waals surface area contributed by atoms with Crippen LogP contribution in [0.4, 0.5) is 5.69 Å². The van der Waals surface area contributed by atoms with E-state index in [9.17, 15) is 14.4 Å². The molecule has 1 aliphatic heterocycles. The minimum Gasteiger partial charge on any atom is -0.465 e. The molecule has 3 atom stereocenters. The topological polar surface area (TPSA) is 72.5 Å². The number of ether oxygens (including phenoxy) is 1. The van der Waals surface area contributed by atoms with E-state index in [4.69, 9.17) is 4.74 Å². The SMILES string of the molecule is COC(=O)c1ccc([C@H]2[C@H](C(=O)c3ccccc3)[C@@]23C(=O)Nc2ccccc23)cc1. The van der Waals surface area contributed by atoms with Crippen LogP contribution in [0.1, 0.15) is 37.8 Å². The molecular weight excluding hydrogens is 378 g/mol. The van der Waals surface area contributed by atoms with Crippen molar-refractivity contribution in [3.8, 4) is 0 Å². The quantitative estimate of drug-likeness (QED) is 0.534. The van der Waals surface area contributed by atoms with Crippen molar-refractivity contribution < 1.29 is 19.1 Å². The number of amides is 1. The molecule has 3 aromatic carbocycles. The summed E-state index contributed by atoms with van der Waals surface area (Å²) in [6.45, 7) is 0. The third-order valence-electron chi connectivity index (χ3n) is 6.23. The first-order valence-electron chi connectivity index (χ1n) is 9.77. The lowest BCUT2D eigenvalue weighted by Crippen LogP contribution is -2.25. The van der Waals surface area contributed by atoms with Crippen molar-refractivity contribution >= 4 is 23.3 Å². The predicted octanol–water partition coefficient (Wildman–Crippen LogP) is 3.96. The Kier molecular flexibility index (Phi) is 4.07. The highest BCUT2D eigenvalue weighted by Gasteiger charge is 2.75. The number of anilines is 1. The maximum atomic E-state index is 13.5. The first kappa shape index (κ1) is 18.3. The van der Waals surface area contributed by atoms with E-state index in [1.54, 1.807) is 24.3 Å². The number of nitrogens with one attached hydrogen (secondary N) is 1. The zero-order chi connectivity index (χ0) is 20.9. The fourth-order valence-electron chi connectivity index (χ4n) is 4.85. The van der Waals surface area contributed by atoms with Gasteiger partial charge in [-0.3, -0.25) is 9.59 Å². The van der Waals surface area contributed by atoms with Crippen molar-refractivity contribution in [3.63, 3.8) is 0 Å². The fourth-order valence-corrected chi connectivity index (χ4v) is 4.85. The smallest absolute Gasteiger partial charge is 0.337 e. The number of hydrogen-bond acceptors (Lipinski definition) is 4. The number of carbonyl (C=O) groups excluding carboxylic acids is 3. The van der Waals surface area contributed by atoms with E-state index >= 15 is 0 Å².